The molecule has 0 saturated carbocycles. The summed E-state index contributed by atoms with van der Waals surface area (Å²) in [6, 6.07) is 8.51. The average Bonchev–Trinajstić information content (AvgIpc) is 2.63. The largest absolute Gasteiger partial charge is 0.346 e. The van der Waals surface area contributed by atoms with E-state index in [9.17, 15) is 13.6 Å². The van der Waals surface area contributed by atoms with E-state index in [0.29, 0.717) is 0 Å². The molecule has 2 heterocycles. The Morgan fingerprint density at radius 1 is 1.04 bits per heavy atom. The lowest BCUT2D eigenvalue weighted by Gasteiger charge is -2.07. The standard InChI is InChI=1S/C17H13F2N5O/c18-12-4-5-15(14(19)7-12)24-17-22-8-11(9-23-17)16(25)21-10-13-3-1-2-6-20-13/h1-9H,10H2,(H,21,25)(H,22,23,24). The highest BCUT2D eigenvalue weighted by Crippen LogP contribution is 2.18. The van der Waals surface area contributed by atoms with Crippen molar-refractivity contribution in [1.82, 2.24) is 20.3 Å². The Bertz CT molecular complexity index is 872. The van der Waals surface area contributed by atoms with Crippen LogP contribution in [0, 0.1) is 11.6 Å². The first kappa shape index (κ1) is 16.4. The number of carbonyl (C=O) groups excluding carboxylic acids is 1. The van der Waals surface area contributed by atoms with Gasteiger partial charge < -0.3 is 10.6 Å². The smallest absolute Gasteiger partial charge is 0.254 e. The van der Waals surface area contributed by atoms with E-state index in [4.69, 9.17) is 0 Å². The lowest BCUT2D eigenvalue weighted by Crippen LogP contribution is -2.23. The maximum Gasteiger partial charge on any atom is 0.254 e. The number of pyridine rings is 1. The van der Waals surface area contributed by atoms with Crippen LogP contribution in [0.25, 0.3) is 0 Å². The van der Waals surface area contributed by atoms with Crippen LogP contribution in [0.15, 0.2) is 55.0 Å². The summed E-state index contributed by atoms with van der Waals surface area (Å²) in [6.45, 7) is 0.278. The number of hydrogen-bond donors (Lipinski definition) is 2. The Morgan fingerprint density at radius 2 is 1.84 bits per heavy atom. The average molecular weight is 341 g/mol. The summed E-state index contributed by atoms with van der Waals surface area (Å²) >= 11 is 0. The van der Waals surface area contributed by atoms with Gasteiger partial charge in [0.05, 0.1) is 23.5 Å². The number of benzene rings is 1. The molecule has 3 rings (SSSR count). The Kier molecular flexibility index (Phi) is 4.89. The van der Waals surface area contributed by atoms with E-state index in [1.165, 1.54) is 18.5 Å². The normalized spacial score (nSPS) is 10.3. The highest BCUT2D eigenvalue weighted by molar-refractivity contribution is 5.93. The van der Waals surface area contributed by atoms with Crippen LogP contribution in [0.3, 0.4) is 0 Å². The van der Waals surface area contributed by atoms with E-state index in [-0.39, 0.29) is 29.7 Å². The first-order valence-corrected chi connectivity index (χ1v) is 7.34. The SMILES string of the molecule is O=C(NCc1ccccn1)c1cnc(Nc2ccc(F)cc2F)nc1. The molecule has 2 N–H and O–H groups in total. The molecule has 2 aromatic heterocycles. The van der Waals surface area contributed by atoms with Crippen LogP contribution in [0.5, 0.6) is 0 Å². The summed E-state index contributed by atoms with van der Waals surface area (Å²) in [6.07, 6.45) is 4.26. The van der Waals surface area contributed by atoms with Gasteiger partial charge in [0, 0.05) is 24.7 Å². The fraction of sp³-hybridized carbons (Fsp3) is 0.0588. The van der Waals surface area contributed by atoms with Crippen molar-refractivity contribution in [3.8, 4) is 0 Å². The molecule has 3 aromatic rings. The molecule has 0 aliphatic heterocycles. The van der Waals surface area contributed by atoms with Crippen molar-refractivity contribution in [2.24, 2.45) is 0 Å². The monoisotopic (exact) mass is 341 g/mol. The molecule has 0 bridgehead atoms. The Hall–Kier alpha value is -3.42. The van der Waals surface area contributed by atoms with Gasteiger partial charge >= 0.3 is 0 Å². The molecule has 1 amide bonds. The summed E-state index contributed by atoms with van der Waals surface area (Å²) in [7, 11) is 0. The number of anilines is 2. The minimum absolute atomic E-state index is 0.0359. The number of halogens is 2. The van der Waals surface area contributed by atoms with Crippen molar-refractivity contribution in [2.75, 3.05) is 5.32 Å². The van der Waals surface area contributed by atoms with Gasteiger partial charge in [0.15, 0.2) is 0 Å². The van der Waals surface area contributed by atoms with Crippen LogP contribution in [0.4, 0.5) is 20.4 Å². The third-order valence-corrected chi connectivity index (χ3v) is 3.25. The van der Waals surface area contributed by atoms with Crippen molar-refractivity contribution in [1.29, 1.82) is 0 Å². The first-order valence-electron chi connectivity index (χ1n) is 7.34. The van der Waals surface area contributed by atoms with E-state index in [0.717, 1.165) is 17.8 Å². The van der Waals surface area contributed by atoms with Crippen molar-refractivity contribution < 1.29 is 13.6 Å². The second kappa shape index (κ2) is 7.43. The van der Waals surface area contributed by atoms with Gasteiger partial charge in [-0.1, -0.05) is 6.07 Å². The van der Waals surface area contributed by atoms with Gasteiger partial charge in [0.1, 0.15) is 11.6 Å². The molecule has 0 fully saturated rings. The van der Waals surface area contributed by atoms with Gasteiger partial charge in [-0.3, -0.25) is 9.78 Å². The zero-order valence-electron chi connectivity index (χ0n) is 12.9. The molecular formula is C17H13F2N5O. The summed E-state index contributed by atoms with van der Waals surface area (Å²) in [5.41, 5.74) is 1.01. The molecule has 0 saturated heterocycles. The molecule has 0 unspecified atom stereocenters. The van der Waals surface area contributed by atoms with Crippen molar-refractivity contribution >= 4 is 17.5 Å². The fourth-order valence-electron chi connectivity index (χ4n) is 2.00. The maximum atomic E-state index is 13.6. The van der Waals surface area contributed by atoms with Gasteiger partial charge in [0.2, 0.25) is 5.95 Å². The zero-order chi connectivity index (χ0) is 17.6. The number of aromatic nitrogens is 3. The topological polar surface area (TPSA) is 79.8 Å². The van der Waals surface area contributed by atoms with Gasteiger partial charge in [-0.25, -0.2) is 18.7 Å². The molecule has 0 atom stereocenters. The minimum atomic E-state index is -0.763. The molecular weight excluding hydrogens is 328 g/mol. The highest BCUT2D eigenvalue weighted by atomic mass is 19.1. The van der Waals surface area contributed by atoms with E-state index in [2.05, 4.69) is 25.6 Å². The Morgan fingerprint density at radius 3 is 2.52 bits per heavy atom. The molecule has 126 valence electrons. The van der Waals surface area contributed by atoms with Gasteiger partial charge in [-0.05, 0) is 24.3 Å². The predicted octanol–water partition coefficient (Wildman–Crippen LogP) is 2.82. The quantitative estimate of drug-likeness (QED) is 0.746. The van der Waals surface area contributed by atoms with Gasteiger partial charge in [-0.2, -0.15) is 0 Å². The van der Waals surface area contributed by atoms with Crippen LogP contribution in [0.1, 0.15) is 16.1 Å². The molecule has 1 aromatic carbocycles. The Labute approximate surface area is 142 Å². The molecule has 0 spiro atoms. The molecule has 25 heavy (non-hydrogen) atoms. The van der Waals surface area contributed by atoms with Crippen molar-refractivity contribution in [3.63, 3.8) is 0 Å². The predicted molar refractivity (Wildman–Crippen MR) is 87.1 cm³/mol. The van der Waals surface area contributed by atoms with Crippen molar-refractivity contribution in [2.45, 2.75) is 6.54 Å². The molecule has 0 aliphatic carbocycles. The minimum Gasteiger partial charge on any atom is -0.346 e. The number of rotatable bonds is 5. The third-order valence-electron chi connectivity index (χ3n) is 3.25. The van der Waals surface area contributed by atoms with Crippen LogP contribution in [0.2, 0.25) is 0 Å². The maximum absolute atomic E-state index is 13.6. The molecule has 6 nitrogen and oxygen atoms in total. The second-order valence-corrected chi connectivity index (χ2v) is 5.05. The summed E-state index contributed by atoms with van der Waals surface area (Å²) < 4.78 is 26.5. The Balaban J connectivity index is 1.62. The van der Waals surface area contributed by atoms with Crippen LogP contribution < -0.4 is 10.6 Å². The zero-order valence-corrected chi connectivity index (χ0v) is 12.9. The highest BCUT2D eigenvalue weighted by Gasteiger charge is 2.09. The lowest BCUT2D eigenvalue weighted by molar-refractivity contribution is 0.0949. The molecule has 0 aliphatic rings. The number of nitrogens with zero attached hydrogens (tertiary/aromatic N) is 3. The summed E-state index contributed by atoms with van der Waals surface area (Å²) in [5.74, 6) is -1.71. The third kappa shape index (κ3) is 4.31. The molecule has 0 radical (unpaired) electrons. The number of carbonyl (C=O) groups is 1. The second-order valence-electron chi connectivity index (χ2n) is 5.05. The van der Waals surface area contributed by atoms with Crippen LogP contribution >= 0.6 is 0 Å². The lowest BCUT2D eigenvalue weighted by atomic mass is 10.3. The van der Waals surface area contributed by atoms with E-state index >= 15 is 0 Å². The van der Waals surface area contributed by atoms with Crippen molar-refractivity contribution in [3.05, 3.63) is 77.9 Å². The number of amides is 1. The van der Waals surface area contributed by atoms with Crippen LogP contribution in [-0.2, 0) is 6.54 Å². The summed E-state index contributed by atoms with van der Waals surface area (Å²) in [5, 5.41) is 5.31. The molecule has 8 heteroatoms. The fourth-order valence-corrected chi connectivity index (χ4v) is 2.00. The van der Waals surface area contributed by atoms with Gasteiger partial charge in [0.25, 0.3) is 5.91 Å². The van der Waals surface area contributed by atoms with E-state index in [1.54, 1.807) is 18.3 Å². The van der Waals surface area contributed by atoms with E-state index < -0.39 is 11.6 Å². The number of hydrogen-bond acceptors (Lipinski definition) is 5. The first-order chi connectivity index (χ1) is 12.1. The van der Waals surface area contributed by atoms with Gasteiger partial charge in [-0.15, -0.1) is 0 Å². The number of nitrogens with one attached hydrogen (secondary N) is 2. The van der Waals surface area contributed by atoms with E-state index in [1.807, 2.05) is 6.07 Å². The van der Waals surface area contributed by atoms with Crippen LogP contribution in [-0.4, -0.2) is 20.9 Å². The summed E-state index contributed by atoms with van der Waals surface area (Å²) in [4.78, 5) is 24.0.